The third-order valence-corrected chi connectivity index (χ3v) is 8.55. The van der Waals surface area contributed by atoms with E-state index >= 15 is 0 Å². The maximum Gasteiger partial charge on any atom is 0.416 e. The standard InChI is InChI=1S/C26H33F3N2O2/c1-17-5-4-8-25(2)15-23-20(14-22(17)25)21(24(32)33-23)16-30-9-11-31(12-10-30)19-7-3-6-18(13-19)26(27,28)29/h3,6-7,13,20-21,23H,4-5,8-12,14-16H2,1-2H3/t20-,21-,23+,25+/m0/s1. The van der Waals surface area contributed by atoms with Crippen molar-refractivity contribution in [2.24, 2.45) is 17.3 Å². The van der Waals surface area contributed by atoms with Crippen LogP contribution in [0, 0.1) is 17.3 Å². The van der Waals surface area contributed by atoms with Crippen LogP contribution in [0.3, 0.4) is 0 Å². The number of alkyl halides is 3. The van der Waals surface area contributed by atoms with E-state index in [0.717, 1.165) is 32.0 Å². The smallest absolute Gasteiger partial charge is 0.416 e. The summed E-state index contributed by atoms with van der Waals surface area (Å²) in [5.74, 6) is 0.0720. The van der Waals surface area contributed by atoms with Crippen molar-refractivity contribution in [3.63, 3.8) is 0 Å². The van der Waals surface area contributed by atoms with Gasteiger partial charge in [0.25, 0.3) is 0 Å². The fraction of sp³-hybridized carbons (Fsp3) is 0.654. The Morgan fingerprint density at radius 2 is 1.94 bits per heavy atom. The molecule has 3 fully saturated rings. The molecule has 2 aliphatic carbocycles. The number of ether oxygens (including phenoxy) is 1. The van der Waals surface area contributed by atoms with Gasteiger partial charge in [-0.3, -0.25) is 9.69 Å². The molecule has 4 nitrogen and oxygen atoms in total. The Hall–Kier alpha value is -2.02. The number of hydrogen-bond acceptors (Lipinski definition) is 4. The number of fused-ring (bicyclic) bond motifs is 2. The molecule has 0 spiro atoms. The number of esters is 1. The van der Waals surface area contributed by atoms with Crippen molar-refractivity contribution in [3.8, 4) is 0 Å². The van der Waals surface area contributed by atoms with E-state index in [1.807, 2.05) is 4.90 Å². The van der Waals surface area contributed by atoms with Crippen LogP contribution in [-0.2, 0) is 15.7 Å². The molecule has 0 bridgehead atoms. The monoisotopic (exact) mass is 462 g/mol. The summed E-state index contributed by atoms with van der Waals surface area (Å²) in [7, 11) is 0. The van der Waals surface area contributed by atoms with Crippen molar-refractivity contribution in [1.29, 1.82) is 0 Å². The minimum absolute atomic E-state index is 0.0218. The van der Waals surface area contributed by atoms with Crippen LogP contribution in [0.2, 0.25) is 0 Å². The number of nitrogens with zero attached hydrogens (tertiary/aromatic N) is 2. The average molecular weight is 463 g/mol. The Labute approximate surface area is 193 Å². The number of hydrogen-bond donors (Lipinski definition) is 0. The van der Waals surface area contributed by atoms with Crippen LogP contribution >= 0.6 is 0 Å². The van der Waals surface area contributed by atoms with Crippen molar-refractivity contribution in [2.75, 3.05) is 37.6 Å². The number of piperazine rings is 1. The van der Waals surface area contributed by atoms with Gasteiger partial charge in [0.15, 0.2) is 0 Å². The summed E-state index contributed by atoms with van der Waals surface area (Å²) in [6.07, 6.45) is 1.16. The Morgan fingerprint density at radius 1 is 1.18 bits per heavy atom. The lowest BCUT2D eigenvalue weighted by Crippen LogP contribution is -2.49. The van der Waals surface area contributed by atoms with Crippen molar-refractivity contribution < 1.29 is 22.7 Å². The topological polar surface area (TPSA) is 32.8 Å². The van der Waals surface area contributed by atoms with Crippen LogP contribution in [0.25, 0.3) is 0 Å². The Kier molecular flexibility index (Phi) is 5.74. The van der Waals surface area contributed by atoms with Crippen molar-refractivity contribution in [3.05, 3.63) is 41.0 Å². The van der Waals surface area contributed by atoms with Gasteiger partial charge in [-0.05, 0) is 62.6 Å². The van der Waals surface area contributed by atoms with E-state index in [1.54, 1.807) is 11.6 Å². The van der Waals surface area contributed by atoms with Gasteiger partial charge < -0.3 is 9.64 Å². The van der Waals surface area contributed by atoms with Gasteiger partial charge in [-0.15, -0.1) is 0 Å². The largest absolute Gasteiger partial charge is 0.462 e. The van der Waals surface area contributed by atoms with E-state index in [-0.39, 0.29) is 29.3 Å². The predicted octanol–water partition coefficient (Wildman–Crippen LogP) is 5.29. The van der Waals surface area contributed by atoms with E-state index in [0.29, 0.717) is 25.3 Å². The van der Waals surface area contributed by atoms with E-state index in [1.165, 1.54) is 37.0 Å². The zero-order valence-electron chi connectivity index (χ0n) is 19.5. The highest BCUT2D eigenvalue weighted by molar-refractivity contribution is 5.76. The normalized spacial score (nSPS) is 33.1. The molecule has 1 saturated carbocycles. The molecule has 33 heavy (non-hydrogen) atoms. The number of benzene rings is 1. The summed E-state index contributed by atoms with van der Waals surface area (Å²) in [6.45, 7) is 8.05. The number of carbonyl (C=O) groups is 1. The number of carbonyl (C=O) groups excluding carboxylic acids is 1. The van der Waals surface area contributed by atoms with Crippen molar-refractivity contribution >= 4 is 11.7 Å². The highest BCUT2D eigenvalue weighted by Gasteiger charge is 2.53. The van der Waals surface area contributed by atoms with Gasteiger partial charge in [0.2, 0.25) is 0 Å². The first-order chi connectivity index (χ1) is 15.6. The molecule has 0 unspecified atom stereocenters. The van der Waals surface area contributed by atoms with E-state index in [2.05, 4.69) is 18.7 Å². The van der Waals surface area contributed by atoms with Gasteiger partial charge in [0.05, 0.1) is 11.5 Å². The summed E-state index contributed by atoms with van der Waals surface area (Å²) in [5.41, 5.74) is 3.24. The first kappa shape index (κ1) is 22.8. The molecule has 1 aromatic carbocycles. The molecule has 4 atom stereocenters. The zero-order valence-corrected chi connectivity index (χ0v) is 19.5. The van der Waals surface area contributed by atoms with Gasteiger partial charge in [0.1, 0.15) is 6.10 Å². The minimum Gasteiger partial charge on any atom is -0.462 e. The third-order valence-electron chi connectivity index (χ3n) is 8.55. The number of halogens is 3. The molecule has 0 radical (unpaired) electrons. The van der Waals surface area contributed by atoms with Crippen LogP contribution in [0.15, 0.2) is 35.4 Å². The maximum absolute atomic E-state index is 13.1. The molecule has 180 valence electrons. The highest BCUT2D eigenvalue weighted by atomic mass is 19.4. The molecule has 4 aliphatic rings. The third kappa shape index (κ3) is 4.29. The van der Waals surface area contributed by atoms with Crippen molar-refractivity contribution in [1.82, 2.24) is 4.90 Å². The number of rotatable bonds is 3. The van der Waals surface area contributed by atoms with Gasteiger partial charge in [-0.1, -0.05) is 24.1 Å². The molecule has 0 amide bonds. The molecule has 5 rings (SSSR count). The molecular weight excluding hydrogens is 429 g/mol. The average Bonchev–Trinajstić information content (AvgIpc) is 3.06. The van der Waals surface area contributed by atoms with Crippen LogP contribution < -0.4 is 4.90 Å². The molecule has 2 heterocycles. The molecule has 2 aliphatic heterocycles. The van der Waals surface area contributed by atoms with E-state index in [9.17, 15) is 18.0 Å². The van der Waals surface area contributed by atoms with Gasteiger partial charge in [-0.25, -0.2) is 0 Å². The van der Waals surface area contributed by atoms with E-state index in [4.69, 9.17) is 4.74 Å². The Balaban J connectivity index is 1.23. The van der Waals surface area contributed by atoms with E-state index < -0.39 is 11.7 Å². The fourth-order valence-electron chi connectivity index (χ4n) is 6.67. The second-order valence-corrected chi connectivity index (χ2v) is 10.7. The minimum atomic E-state index is -4.33. The number of anilines is 1. The molecule has 0 N–H and O–H groups in total. The van der Waals surface area contributed by atoms with Gasteiger partial charge in [-0.2, -0.15) is 13.2 Å². The molecule has 7 heteroatoms. The van der Waals surface area contributed by atoms with Crippen LogP contribution in [-0.4, -0.2) is 49.7 Å². The lowest BCUT2D eigenvalue weighted by Gasteiger charge is -2.46. The summed E-state index contributed by atoms with van der Waals surface area (Å²) < 4.78 is 45.1. The summed E-state index contributed by atoms with van der Waals surface area (Å²) in [5, 5.41) is 0. The molecule has 2 saturated heterocycles. The fourth-order valence-corrected chi connectivity index (χ4v) is 6.67. The lowest BCUT2D eigenvalue weighted by atomic mass is 9.59. The Morgan fingerprint density at radius 3 is 2.67 bits per heavy atom. The Bertz CT molecular complexity index is 951. The number of allylic oxidation sites excluding steroid dienone is 2. The predicted molar refractivity (Wildman–Crippen MR) is 121 cm³/mol. The van der Waals surface area contributed by atoms with Crippen LogP contribution in [0.4, 0.5) is 18.9 Å². The summed E-state index contributed by atoms with van der Waals surface area (Å²) in [4.78, 5) is 17.1. The summed E-state index contributed by atoms with van der Waals surface area (Å²) in [6, 6.07) is 5.55. The van der Waals surface area contributed by atoms with Crippen LogP contribution in [0.5, 0.6) is 0 Å². The van der Waals surface area contributed by atoms with Crippen LogP contribution in [0.1, 0.15) is 51.5 Å². The quantitative estimate of drug-likeness (QED) is 0.452. The van der Waals surface area contributed by atoms with Gasteiger partial charge >= 0.3 is 12.1 Å². The second kappa shape index (κ2) is 8.33. The van der Waals surface area contributed by atoms with Crippen molar-refractivity contribution in [2.45, 2.75) is 58.2 Å². The SMILES string of the molecule is CC1=C2C[C@H]3[C@H](CN4CCN(c5cccc(C(F)(F)F)c5)CC4)C(=O)O[C@@H]3C[C@@]2(C)CCC1. The molecule has 1 aromatic rings. The highest BCUT2D eigenvalue weighted by Crippen LogP contribution is 2.55. The summed E-state index contributed by atoms with van der Waals surface area (Å²) >= 11 is 0. The first-order valence-electron chi connectivity index (χ1n) is 12.2. The first-order valence-corrected chi connectivity index (χ1v) is 12.2. The maximum atomic E-state index is 13.1. The van der Waals surface area contributed by atoms with Gasteiger partial charge in [0, 0.05) is 44.3 Å². The second-order valence-electron chi connectivity index (χ2n) is 10.7. The molecule has 0 aromatic heterocycles. The molecular formula is C26H33F3N2O2. The zero-order chi connectivity index (χ0) is 23.4. The lowest BCUT2D eigenvalue weighted by molar-refractivity contribution is -0.145.